The number of hydrogen-bond acceptors (Lipinski definition) is 4. The highest BCUT2D eigenvalue weighted by atomic mass is 16.5. The van der Waals surface area contributed by atoms with Crippen LogP contribution >= 0.6 is 0 Å². The Kier molecular flexibility index (Phi) is 4.24. The summed E-state index contributed by atoms with van der Waals surface area (Å²) in [5.41, 5.74) is 4.26. The molecule has 2 aromatic carbocycles. The Morgan fingerprint density at radius 3 is 2.85 bits per heavy atom. The molecular formula is C21H20N4O2. The average Bonchev–Trinajstić information content (AvgIpc) is 3.08. The SMILES string of the molecule is COc1ccc(CN(C)C(=O)c2ccc3c(c2)ncn3C)c2cccnc12. The molecule has 0 N–H and O–H groups in total. The van der Waals surface area contributed by atoms with Crippen molar-refractivity contribution in [3.63, 3.8) is 0 Å². The topological polar surface area (TPSA) is 60.2 Å². The van der Waals surface area contributed by atoms with Crippen molar-refractivity contribution >= 4 is 27.8 Å². The fraction of sp³-hybridized carbons (Fsp3) is 0.190. The molecule has 0 spiro atoms. The van der Waals surface area contributed by atoms with Crippen molar-refractivity contribution in [3.8, 4) is 5.75 Å². The summed E-state index contributed by atoms with van der Waals surface area (Å²) < 4.78 is 7.33. The van der Waals surface area contributed by atoms with Crippen LogP contribution in [0.5, 0.6) is 5.75 Å². The van der Waals surface area contributed by atoms with E-state index in [-0.39, 0.29) is 5.91 Å². The second-order valence-corrected chi connectivity index (χ2v) is 6.55. The van der Waals surface area contributed by atoms with E-state index in [9.17, 15) is 4.79 Å². The van der Waals surface area contributed by atoms with E-state index < -0.39 is 0 Å². The van der Waals surface area contributed by atoms with Crippen molar-refractivity contribution in [2.24, 2.45) is 7.05 Å². The fourth-order valence-electron chi connectivity index (χ4n) is 3.33. The molecule has 136 valence electrons. The first-order chi connectivity index (χ1) is 13.1. The maximum absolute atomic E-state index is 12.9. The molecule has 0 fully saturated rings. The third-order valence-corrected chi connectivity index (χ3v) is 4.77. The molecule has 1 amide bonds. The van der Waals surface area contributed by atoms with E-state index in [0.29, 0.717) is 12.1 Å². The zero-order valence-corrected chi connectivity index (χ0v) is 15.5. The number of fused-ring (bicyclic) bond motifs is 2. The molecule has 0 aliphatic heterocycles. The van der Waals surface area contributed by atoms with Gasteiger partial charge in [0.2, 0.25) is 0 Å². The van der Waals surface area contributed by atoms with Gasteiger partial charge in [-0.1, -0.05) is 12.1 Å². The first-order valence-corrected chi connectivity index (χ1v) is 8.65. The zero-order valence-electron chi connectivity index (χ0n) is 15.5. The van der Waals surface area contributed by atoms with E-state index in [2.05, 4.69) is 9.97 Å². The number of imidazole rings is 1. The Morgan fingerprint density at radius 1 is 1.19 bits per heavy atom. The average molecular weight is 360 g/mol. The Labute approximate surface area is 157 Å². The molecule has 27 heavy (non-hydrogen) atoms. The van der Waals surface area contributed by atoms with Gasteiger partial charge in [0.25, 0.3) is 5.91 Å². The van der Waals surface area contributed by atoms with Crippen LogP contribution in [0.4, 0.5) is 0 Å². The summed E-state index contributed by atoms with van der Waals surface area (Å²) in [5, 5.41) is 0.983. The van der Waals surface area contributed by atoms with E-state index in [1.807, 2.05) is 54.1 Å². The van der Waals surface area contributed by atoms with Gasteiger partial charge in [-0.2, -0.15) is 0 Å². The van der Waals surface area contributed by atoms with Crippen LogP contribution in [-0.2, 0) is 13.6 Å². The van der Waals surface area contributed by atoms with Crippen LogP contribution in [0, 0.1) is 0 Å². The summed E-state index contributed by atoms with van der Waals surface area (Å²) >= 11 is 0. The number of methoxy groups -OCH3 is 1. The third-order valence-electron chi connectivity index (χ3n) is 4.77. The van der Waals surface area contributed by atoms with Crippen LogP contribution in [-0.4, -0.2) is 39.5 Å². The van der Waals surface area contributed by atoms with Crippen molar-refractivity contribution in [3.05, 3.63) is 66.1 Å². The maximum Gasteiger partial charge on any atom is 0.253 e. The molecule has 6 nitrogen and oxygen atoms in total. The number of nitrogens with zero attached hydrogens (tertiary/aromatic N) is 4. The summed E-state index contributed by atoms with van der Waals surface area (Å²) in [4.78, 5) is 23.4. The van der Waals surface area contributed by atoms with Gasteiger partial charge in [-0.3, -0.25) is 9.78 Å². The number of ether oxygens (including phenoxy) is 1. The molecule has 0 atom stereocenters. The highest BCUT2D eigenvalue weighted by molar-refractivity contribution is 5.97. The van der Waals surface area contributed by atoms with Crippen molar-refractivity contribution in [2.75, 3.05) is 14.2 Å². The largest absolute Gasteiger partial charge is 0.494 e. The molecule has 0 aliphatic rings. The monoisotopic (exact) mass is 360 g/mol. The molecule has 0 bridgehead atoms. The molecule has 4 rings (SSSR count). The standard InChI is InChI=1S/C21H20N4O2/c1-24(21(26)14-6-8-18-17(11-14)23-13-25(18)2)12-15-7-9-19(27-3)20-16(15)5-4-10-22-20/h4-11,13H,12H2,1-3H3. The van der Waals surface area contributed by atoms with E-state index in [0.717, 1.165) is 33.2 Å². The third kappa shape index (κ3) is 2.99. The van der Waals surface area contributed by atoms with Crippen LogP contribution in [0.15, 0.2) is 55.0 Å². The fourth-order valence-corrected chi connectivity index (χ4v) is 3.33. The summed E-state index contributed by atoms with van der Waals surface area (Å²) in [7, 11) is 5.37. The lowest BCUT2D eigenvalue weighted by Crippen LogP contribution is -2.26. The van der Waals surface area contributed by atoms with Gasteiger partial charge in [-0.15, -0.1) is 0 Å². The van der Waals surface area contributed by atoms with Gasteiger partial charge < -0.3 is 14.2 Å². The predicted octanol–water partition coefficient (Wildman–Crippen LogP) is 3.40. The second-order valence-electron chi connectivity index (χ2n) is 6.55. The van der Waals surface area contributed by atoms with Gasteiger partial charge in [0.1, 0.15) is 11.3 Å². The number of pyridine rings is 1. The predicted molar refractivity (Wildman–Crippen MR) is 105 cm³/mol. The normalized spacial score (nSPS) is 11.1. The quantitative estimate of drug-likeness (QED) is 0.560. The summed E-state index contributed by atoms with van der Waals surface area (Å²) in [5.74, 6) is 0.680. The minimum absolute atomic E-state index is 0.0459. The van der Waals surface area contributed by atoms with Crippen molar-refractivity contribution in [1.29, 1.82) is 0 Å². The van der Waals surface area contributed by atoms with Crippen molar-refractivity contribution < 1.29 is 9.53 Å². The number of aromatic nitrogens is 3. The summed E-state index contributed by atoms with van der Waals surface area (Å²) in [6, 6.07) is 13.4. The van der Waals surface area contributed by atoms with Gasteiger partial charge in [0.15, 0.2) is 0 Å². The number of benzene rings is 2. The minimum atomic E-state index is -0.0459. The van der Waals surface area contributed by atoms with Gasteiger partial charge in [0, 0.05) is 37.8 Å². The number of amides is 1. The number of carbonyl (C=O) groups excluding carboxylic acids is 1. The second kappa shape index (κ2) is 6.72. The lowest BCUT2D eigenvalue weighted by molar-refractivity contribution is 0.0786. The van der Waals surface area contributed by atoms with Crippen LogP contribution in [0.3, 0.4) is 0 Å². The molecule has 0 radical (unpaired) electrons. The summed E-state index contributed by atoms with van der Waals surface area (Å²) in [6.45, 7) is 0.477. The smallest absolute Gasteiger partial charge is 0.253 e. The van der Waals surface area contributed by atoms with Gasteiger partial charge >= 0.3 is 0 Å². The molecule has 6 heteroatoms. The molecule has 2 aromatic heterocycles. The molecule has 0 saturated carbocycles. The highest BCUT2D eigenvalue weighted by Crippen LogP contribution is 2.27. The molecule has 4 aromatic rings. The molecule has 0 unspecified atom stereocenters. The number of hydrogen-bond donors (Lipinski definition) is 0. The van der Waals surface area contributed by atoms with Crippen molar-refractivity contribution in [2.45, 2.75) is 6.54 Å². The van der Waals surface area contributed by atoms with Gasteiger partial charge in [-0.25, -0.2) is 4.98 Å². The highest BCUT2D eigenvalue weighted by Gasteiger charge is 2.16. The first kappa shape index (κ1) is 17.0. The van der Waals surface area contributed by atoms with E-state index >= 15 is 0 Å². The van der Waals surface area contributed by atoms with Crippen LogP contribution in [0.1, 0.15) is 15.9 Å². The van der Waals surface area contributed by atoms with Crippen LogP contribution in [0.25, 0.3) is 21.9 Å². The van der Waals surface area contributed by atoms with Crippen molar-refractivity contribution in [1.82, 2.24) is 19.4 Å². The molecular weight excluding hydrogens is 340 g/mol. The molecule has 0 aliphatic carbocycles. The lowest BCUT2D eigenvalue weighted by Gasteiger charge is -2.19. The number of aryl methyl sites for hydroxylation is 1. The van der Waals surface area contributed by atoms with E-state index in [4.69, 9.17) is 4.74 Å². The first-order valence-electron chi connectivity index (χ1n) is 8.65. The number of carbonyl (C=O) groups is 1. The Balaban J connectivity index is 1.64. The Bertz CT molecular complexity index is 1150. The lowest BCUT2D eigenvalue weighted by atomic mass is 10.1. The van der Waals surface area contributed by atoms with Gasteiger partial charge in [-0.05, 0) is 35.9 Å². The molecule has 0 saturated heterocycles. The number of rotatable bonds is 4. The minimum Gasteiger partial charge on any atom is -0.494 e. The maximum atomic E-state index is 12.9. The van der Waals surface area contributed by atoms with E-state index in [1.54, 1.807) is 31.6 Å². The van der Waals surface area contributed by atoms with Crippen LogP contribution in [0.2, 0.25) is 0 Å². The summed E-state index contributed by atoms with van der Waals surface area (Å²) in [6.07, 6.45) is 3.49. The zero-order chi connectivity index (χ0) is 19.0. The Morgan fingerprint density at radius 2 is 2.04 bits per heavy atom. The molecule has 2 heterocycles. The van der Waals surface area contributed by atoms with E-state index in [1.165, 1.54) is 0 Å². The van der Waals surface area contributed by atoms with Gasteiger partial charge in [0.05, 0.1) is 24.5 Å². The van der Waals surface area contributed by atoms with Crippen LogP contribution < -0.4 is 4.74 Å². The Hall–Kier alpha value is -3.41.